The van der Waals surface area contributed by atoms with Crippen molar-refractivity contribution in [2.75, 3.05) is 23.3 Å². The molecule has 38 heavy (non-hydrogen) atoms. The molecule has 3 heterocycles. The number of pyridine rings is 1. The molecule has 0 bridgehead atoms. The molecule has 1 aromatic carbocycles. The van der Waals surface area contributed by atoms with Crippen molar-refractivity contribution in [1.82, 2.24) is 9.38 Å². The molecule has 1 saturated heterocycles. The maximum atomic E-state index is 13.5. The van der Waals surface area contributed by atoms with E-state index in [2.05, 4.69) is 30.1 Å². The van der Waals surface area contributed by atoms with E-state index in [1.54, 1.807) is 6.20 Å². The Morgan fingerprint density at radius 2 is 1.84 bits per heavy atom. The lowest BCUT2D eigenvalue weighted by Gasteiger charge is -2.37. The summed E-state index contributed by atoms with van der Waals surface area (Å²) < 4.78 is 7.29. The number of aromatic nitrogens is 2. The van der Waals surface area contributed by atoms with Crippen LogP contribution in [0.1, 0.15) is 89.0 Å². The highest BCUT2D eigenvalue weighted by Crippen LogP contribution is 2.34. The van der Waals surface area contributed by atoms with Crippen LogP contribution < -0.4 is 15.8 Å². The zero-order valence-corrected chi connectivity index (χ0v) is 23.5. The fourth-order valence-electron chi connectivity index (χ4n) is 4.92. The van der Waals surface area contributed by atoms with Crippen molar-refractivity contribution < 1.29 is 9.84 Å². The van der Waals surface area contributed by atoms with Gasteiger partial charge in [0.1, 0.15) is 11.7 Å². The number of rotatable bonds is 6. The monoisotopic (exact) mass is 517 g/mol. The van der Waals surface area contributed by atoms with Crippen molar-refractivity contribution in [3.05, 3.63) is 69.1 Å². The molecule has 1 aliphatic heterocycles. The van der Waals surface area contributed by atoms with E-state index in [9.17, 15) is 15.2 Å². The highest BCUT2D eigenvalue weighted by molar-refractivity contribution is 5.63. The van der Waals surface area contributed by atoms with Gasteiger partial charge in [-0.05, 0) is 70.6 Å². The zero-order valence-electron chi connectivity index (χ0n) is 23.5. The van der Waals surface area contributed by atoms with Crippen LogP contribution in [0.2, 0.25) is 0 Å². The number of ether oxygens (including phenoxy) is 1. The molecule has 2 atom stereocenters. The fraction of sp³-hybridized carbons (Fsp3) is 0.500. The van der Waals surface area contributed by atoms with Crippen LogP contribution in [-0.2, 0) is 4.74 Å². The first-order chi connectivity index (χ1) is 17.8. The first-order valence-corrected chi connectivity index (χ1v) is 13.2. The van der Waals surface area contributed by atoms with E-state index >= 15 is 0 Å². The number of para-hydroxylation sites is 1. The predicted molar refractivity (Wildman–Crippen MR) is 150 cm³/mol. The third kappa shape index (κ3) is 5.85. The van der Waals surface area contributed by atoms with Crippen LogP contribution >= 0.6 is 0 Å². The molecule has 8 nitrogen and oxygen atoms in total. The van der Waals surface area contributed by atoms with Crippen molar-refractivity contribution in [3.63, 3.8) is 0 Å². The summed E-state index contributed by atoms with van der Waals surface area (Å²) >= 11 is 0. The summed E-state index contributed by atoms with van der Waals surface area (Å²) in [4.78, 5) is 20.5. The van der Waals surface area contributed by atoms with Gasteiger partial charge < -0.3 is 20.1 Å². The zero-order chi connectivity index (χ0) is 27.8. The molecule has 3 aromatic rings. The Hall–Kier alpha value is -3.41. The lowest BCUT2D eigenvalue weighted by Crippen LogP contribution is -2.39. The summed E-state index contributed by atoms with van der Waals surface area (Å²) in [7, 11) is 0. The number of hydrogen-bond acceptors (Lipinski definition) is 7. The summed E-state index contributed by atoms with van der Waals surface area (Å²) in [6, 6.07) is 11.4. The fourth-order valence-corrected chi connectivity index (χ4v) is 4.92. The van der Waals surface area contributed by atoms with E-state index < -0.39 is 11.9 Å². The number of aliphatic hydroxyl groups is 1. The number of aryl methyl sites for hydroxylation is 1. The van der Waals surface area contributed by atoms with Gasteiger partial charge in [-0.25, -0.2) is 4.98 Å². The molecule has 4 rings (SSSR count). The standard InChI is InChI=1S/C30H39N5O3/c1-19-16-22(20(2)32-24-11-9-8-10-21(24)28(37)38-29(3,4)5)26-33-25(23(17-31)27(36)35(26)18-19)34-14-12-30(6,7)13-15-34/h8-11,16,18,20,28,32,37H,12-15H2,1-7H3/t20-,28?/m1/s1. The summed E-state index contributed by atoms with van der Waals surface area (Å²) in [5.41, 5.74) is 3.00. The van der Waals surface area contributed by atoms with Crippen LogP contribution in [0.25, 0.3) is 5.65 Å². The van der Waals surface area contributed by atoms with Gasteiger partial charge >= 0.3 is 0 Å². The predicted octanol–water partition coefficient (Wildman–Crippen LogP) is 5.48. The minimum atomic E-state index is -1.10. The van der Waals surface area contributed by atoms with E-state index in [1.165, 1.54) is 4.40 Å². The van der Waals surface area contributed by atoms with Gasteiger partial charge in [-0.3, -0.25) is 9.20 Å². The number of nitriles is 1. The minimum absolute atomic E-state index is 0.0761. The Bertz CT molecular complexity index is 1420. The minimum Gasteiger partial charge on any atom is -0.378 e. The molecule has 2 N–H and O–H groups in total. The number of benzene rings is 1. The molecular weight excluding hydrogens is 478 g/mol. The summed E-state index contributed by atoms with van der Waals surface area (Å²) in [6.45, 7) is 15.6. The molecule has 1 fully saturated rings. The van der Waals surface area contributed by atoms with E-state index in [0.717, 1.165) is 42.7 Å². The number of piperidine rings is 1. The maximum absolute atomic E-state index is 13.5. The Kier molecular flexibility index (Phi) is 7.55. The van der Waals surface area contributed by atoms with Crippen LogP contribution in [0, 0.1) is 23.7 Å². The van der Waals surface area contributed by atoms with Crippen LogP contribution in [0.15, 0.2) is 41.3 Å². The van der Waals surface area contributed by atoms with Crippen LogP contribution in [-0.4, -0.2) is 33.2 Å². The van der Waals surface area contributed by atoms with Gasteiger partial charge in [0.25, 0.3) is 5.56 Å². The van der Waals surface area contributed by atoms with Gasteiger partial charge in [-0.2, -0.15) is 5.26 Å². The molecule has 0 amide bonds. The van der Waals surface area contributed by atoms with Gasteiger partial charge in [-0.15, -0.1) is 0 Å². The summed E-state index contributed by atoms with van der Waals surface area (Å²) in [5, 5.41) is 24.2. The first kappa shape index (κ1) is 27.6. The smallest absolute Gasteiger partial charge is 0.278 e. The van der Waals surface area contributed by atoms with Gasteiger partial charge in [0.2, 0.25) is 0 Å². The van der Waals surface area contributed by atoms with Crippen molar-refractivity contribution >= 4 is 17.2 Å². The van der Waals surface area contributed by atoms with Gasteiger partial charge in [0.05, 0.1) is 11.6 Å². The lowest BCUT2D eigenvalue weighted by atomic mass is 9.82. The molecule has 1 unspecified atom stereocenters. The molecule has 2 aromatic heterocycles. The third-order valence-corrected chi connectivity index (χ3v) is 7.13. The van der Waals surface area contributed by atoms with E-state index in [1.807, 2.05) is 65.0 Å². The maximum Gasteiger partial charge on any atom is 0.278 e. The van der Waals surface area contributed by atoms with E-state index in [4.69, 9.17) is 9.72 Å². The highest BCUT2D eigenvalue weighted by Gasteiger charge is 2.29. The third-order valence-electron chi connectivity index (χ3n) is 7.13. The number of anilines is 2. The van der Waals surface area contributed by atoms with Gasteiger partial charge in [-0.1, -0.05) is 32.0 Å². The molecule has 0 aliphatic carbocycles. The number of nitrogens with zero attached hydrogens (tertiary/aromatic N) is 4. The lowest BCUT2D eigenvalue weighted by molar-refractivity contribution is -0.169. The molecule has 0 spiro atoms. The Morgan fingerprint density at radius 3 is 2.47 bits per heavy atom. The Labute approximate surface area is 224 Å². The van der Waals surface area contributed by atoms with E-state index in [-0.39, 0.29) is 22.6 Å². The SMILES string of the molecule is Cc1cc([C@@H](C)Nc2ccccc2C(O)OC(C)(C)C)c2nc(N3CCC(C)(C)CC3)c(C#N)c(=O)n2c1. The van der Waals surface area contributed by atoms with Crippen molar-refractivity contribution in [3.8, 4) is 6.07 Å². The highest BCUT2D eigenvalue weighted by atomic mass is 16.6. The van der Waals surface area contributed by atoms with Crippen molar-refractivity contribution in [2.45, 2.75) is 79.2 Å². The molecule has 0 saturated carbocycles. The van der Waals surface area contributed by atoms with Crippen LogP contribution in [0.4, 0.5) is 11.5 Å². The quantitative estimate of drug-likeness (QED) is 0.417. The second-order valence-electron chi connectivity index (χ2n) is 12.1. The second kappa shape index (κ2) is 10.4. The molecule has 1 aliphatic rings. The topological polar surface area (TPSA) is 103 Å². The summed E-state index contributed by atoms with van der Waals surface area (Å²) in [6.07, 6.45) is 2.56. The molecular formula is C30H39N5O3. The normalized spacial score (nSPS) is 17.2. The number of nitrogens with one attached hydrogen (secondary N) is 1. The average Bonchev–Trinajstić information content (AvgIpc) is 2.83. The molecule has 0 radical (unpaired) electrons. The van der Waals surface area contributed by atoms with Crippen molar-refractivity contribution in [1.29, 1.82) is 5.26 Å². The molecule has 8 heteroatoms. The van der Waals surface area contributed by atoms with E-state index in [0.29, 0.717) is 17.0 Å². The average molecular weight is 518 g/mol. The Morgan fingerprint density at radius 1 is 1.18 bits per heavy atom. The van der Waals surface area contributed by atoms with Crippen LogP contribution in [0.3, 0.4) is 0 Å². The molecule has 202 valence electrons. The van der Waals surface area contributed by atoms with Gasteiger partial charge in [0, 0.05) is 36.1 Å². The van der Waals surface area contributed by atoms with Crippen molar-refractivity contribution in [2.24, 2.45) is 5.41 Å². The number of aliphatic hydroxyl groups excluding tert-OH is 1. The number of hydrogen-bond donors (Lipinski definition) is 2. The van der Waals surface area contributed by atoms with Gasteiger partial charge in [0.15, 0.2) is 17.7 Å². The number of fused-ring (bicyclic) bond motifs is 1. The first-order valence-electron chi connectivity index (χ1n) is 13.2. The summed E-state index contributed by atoms with van der Waals surface area (Å²) in [5.74, 6) is 0.458. The largest absolute Gasteiger partial charge is 0.378 e. The Balaban J connectivity index is 1.77. The van der Waals surface area contributed by atoms with Crippen LogP contribution in [0.5, 0.6) is 0 Å². The second-order valence-corrected chi connectivity index (χ2v) is 12.1.